The average molecular weight is 260 g/mol. The molecule has 0 atom stereocenters. The molecule has 0 fully saturated rings. The van der Waals surface area contributed by atoms with Crippen LogP contribution < -0.4 is 10.6 Å². The summed E-state index contributed by atoms with van der Waals surface area (Å²) in [6, 6.07) is 12.0. The zero-order valence-electron chi connectivity index (χ0n) is 10.1. The molecule has 2 rings (SSSR count). The highest BCUT2D eigenvalue weighted by atomic mass is 32.1. The lowest BCUT2D eigenvalue weighted by atomic mass is 10.1. The van der Waals surface area contributed by atoms with E-state index in [9.17, 15) is 4.79 Å². The summed E-state index contributed by atoms with van der Waals surface area (Å²) in [6.45, 7) is 1.24. The van der Waals surface area contributed by atoms with Gasteiger partial charge in [-0.2, -0.15) is 11.3 Å². The number of hydrogen-bond donors (Lipinski definition) is 2. The van der Waals surface area contributed by atoms with Gasteiger partial charge >= 0.3 is 6.03 Å². The van der Waals surface area contributed by atoms with Gasteiger partial charge in [-0.3, -0.25) is 0 Å². The van der Waals surface area contributed by atoms with Crippen LogP contribution in [0.15, 0.2) is 47.2 Å². The van der Waals surface area contributed by atoms with Gasteiger partial charge in [0.05, 0.1) is 0 Å². The van der Waals surface area contributed by atoms with Gasteiger partial charge < -0.3 is 10.6 Å². The predicted octanol–water partition coefficient (Wildman–Crippen LogP) is 2.79. The molecule has 1 aromatic heterocycles. The fraction of sp³-hybridized carbons (Fsp3) is 0.214. The van der Waals surface area contributed by atoms with E-state index >= 15 is 0 Å². The molecule has 94 valence electrons. The molecule has 2 N–H and O–H groups in total. The second-order valence-electron chi connectivity index (χ2n) is 3.98. The first-order valence-corrected chi connectivity index (χ1v) is 6.85. The molecule has 1 aromatic carbocycles. The molecule has 0 aliphatic rings. The maximum Gasteiger partial charge on any atom is 0.315 e. The number of thiophene rings is 1. The SMILES string of the molecule is O=C(NCCc1ccccc1)NCc1ccsc1. The van der Waals surface area contributed by atoms with Gasteiger partial charge in [0, 0.05) is 13.1 Å². The topological polar surface area (TPSA) is 41.1 Å². The van der Waals surface area contributed by atoms with Crippen molar-refractivity contribution in [3.05, 3.63) is 58.3 Å². The summed E-state index contributed by atoms with van der Waals surface area (Å²) >= 11 is 1.63. The summed E-state index contributed by atoms with van der Waals surface area (Å²) in [6.07, 6.45) is 0.854. The molecule has 0 spiro atoms. The molecule has 3 nitrogen and oxygen atoms in total. The normalized spacial score (nSPS) is 10.0. The van der Waals surface area contributed by atoms with Gasteiger partial charge in [-0.25, -0.2) is 4.79 Å². The third-order valence-corrected chi connectivity index (χ3v) is 3.31. The second-order valence-corrected chi connectivity index (χ2v) is 4.76. The van der Waals surface area contributed by atoms with E-state index in [1.807, 2.05) is 35.0 Å². The van der Waals surface area contributed by atoms with E-state index < -0.39 is 0 Å². The number of rotatable bonds is 5. The van der Waals surface area contributed by atoms with E-state index in [0.717, 1.165) is 12.0 Å². The minimum Gasteiger partial charge on any atom is -0.338 e. The van der Waals surface area contributed by atoms with E-state index in [2.05, 4.69) is 22.8 Å². The molecule has 0 unspecified atom stereocenters. The number of carbonyl (C=O) groups excluding carboxylic acids is 1. The smallest absolute Gasteiger partial charge is 0.315 e. The molecule has 0 bridgehead atoms. The summed E-state index contributed by atoms with van der Waals surface area (Å²) in [7, 11) is 0. The summed E-state index contributed by atoms with van der Waals surface area (Å²) in [4.78, 5) is 11.5. The zero-order valence-corrected chi connectivity index (χ0v) is 10.9. The van der Waals surface area contributed by atoms with Crippen LogP contribution in [-0.2, 0) is 13.0 Å². The van der Waals surface area contributed by atoms with Crippen molar-refractivity contribution in [2.45, 2.75) is 13.0 Å². The van der Waals surface area contributed by atoms with Crippen LogP contribution >= 0.6 is 11.3 Å². The maximum atomic E-state index is 11.5. The Morgan fingerprint density at radius 2 is 1.89 bits per heavy atom. The van der Waals surface area contributed by atoms with Gasteiger partial charge in [-0.1, -0.05) is 30.3 Å². The predicted molar refractivity (Wildman–Crippen MR) is 74.7 cm³/mol. The third kappa shape index (κ3) is 4.22. The lowest BCUT2D eigenvalue weighted by molar-refractivity contribution is 0.240. The minimum absolute atomic E-state index is 0.114. The van der Waals surface area contributed by atoms with Crippen molar-refractivity contribution in [3.63, 3.8) is 0 Å². The van der Waals surface area contributed by atoms with E-state index in [1.54, 1.807) is 11.3 Å². The van der Waals surface area contributed by atoms with Crippen molar-refractivity contribution in [2.75, 3.05) is 6.54 Å². The minimum atomic E-state index is -0.114. The van der Waals surface area contributed by atoms with Crippen LogP contribution in [0.2, 0.25) is 0 Å². The van der Waals surface area contributed by atoms with Crippen LogP contribution in [0.25, 0.3) is 0 Å². The molecular formula is C14H16N2OS. The van der Waals surface area contributed by atoms with Gasteiger partial charge in [0.2, 0.25) is 0 Å². The molecule has 0 aliphatic heterocycles. The second kappa shape index (κ2) is 6.81. The molecule has 4 heteroatoms. The van der Waals surface area contributed by atoms with Crippen molar-refractivity contribution in [3.8, 4) is 0 Å². The highest BCUT2D eigenvalue weighted by Gasteiger charge is 2.00. The standard InChI is InChI=1S/C14H16N2OS/c17-14(16-10-13-7-9-18-11-13)15-8-6-12-4-2-1-3-5-12/h1-5,7,9,11H,6,8,10H2,(H2,15,16,17). The highest BCUT2D eigenvalue weighted by molar-refractivity contribution is 7.07. The molecule has 0 aliphatic carbocycles. The van der Waals surface area contributed by atoms with Crippen molar-refractivity contribution in [1.82, 2.24) is 10.6 Å². The number of carbonyl (C=O) groups is 1. The monoisotopic (exact) mass is 260 g/mol. The van der Waals surface area contributed by atoms with Crippen LogP contribution in [0.3, 0.4) is 0 Å². The van der Waals surface area contributed by atoms with Crippen molar-refractivity contribution in [2.24, 2.45) is 0 Å². The summed E-state index contributed by atoms with van der Waals surface area (Å²) in [5.74, 6) is 0. The Labute approximate surface area is 111 Å². The maximum absolute atomic E-state index is 11.5. The number of urea groups is 1. The summed E-state index contributed by atoms with van der Waals surface area (Å²) < 4.78 is 0. The molecular weight excluding hydrogens is 244 g/mol. The van der Waals surface area contributed by atoms with Crippen LogP contribution in [-0.4, -0.2) is 12.6 Å². The van der Waals surface area contributed by atoms with Crippen LogP contribution in [0.1, 0.15) is 11.1 Å². The third-order valence-electron chi connectivity index (χ3n) is 2.58. The number of hydrogen-bond acceptors (Lipinski definition) is 2. The van der Waals surface area contributed by atoms with Crippen LogP contribution in [0.5, 0.6) is 0 Å². The van der Waals surface area contributed by atoms with Crippen LogP contribution in [0, 0.1) is 0 Å². The Bertz CT molecular complexity index is 468. The number of amides is 2. The van der Waals surface area contributed by atoms with Crippen LogP contribution in [0.4, 0.5) is 4.79 Å². The van der Waals surface area contributed by atoms with Crippen molar-refractivity contribution >= 4 is 17.4 Å². The molecule has 2 amide bonds. The summed E-state index contributed by atoms with van der Waals surface area (Å²) in [5, 5.41) is 9.71. The number of nitrogens with one attached hydrogen (secondary N) is 2. The fourth-order valence-corrected chi connectivity index (χ4v) is 2.27. The largest absolute Gasteiger partial charge is 0.338 e. The van der Waals surface area contributed by atoms with Gasteiger partial charge in [-0.15, -0.1) is 0 Å². The molecule has 18 heavy (non-hydrogen) atoms. The van der Waals surface area contributed by atoms with Gasteiger partial charge in [0.1, 0.15) is 0 Å². The molecule has 2 aromatic rings. The van der Waals surface area contributed by atoms with E-state index in [1.165, 1.54) is 5.56 Å². The quantitative estimate of drug-likeness (QED) is 0.852. The van der Waals surface area contributed by atoms with Crippen molar-refractivity contribution < 1.29 is 4.79 Å². The fourth-order valence-electron chi connectivity index (χ4n) is 1.60. The Morgan fingerprint density at radius 3 is 2.61 bits per heavy atom. The first-order valence-electron chi connectivity index (χ1n) is 5.91. The van der Waals surface area contributed by atoms with Gasteiger partial charge in [0.15, 0.2) is 0 Å². The van der Waals surface area contributed by atoms with E-state index in [4.69, 9.17) is 0 Å². The molecule has 0 radical (unpaired) electrons. The lowest BCUT2D eigenvalue weighted by Gasteiger charge is -2.06. The Morgan fingerprint density at radius 1 is 1.06 bits per heavy atom. The van der Waals surface area contributed by atoms with E-state index in [-0.39, 0.29) is 6.03 Å². The van der Waals surface area contributed by atoms with Gasteiger partial charge in [-0.05, 0) is 34.4 Å². The Balaban J connectivity index is 1.63. The molecule has 0 saturated heterocycles. The zero-order chi connectivity index (χ0) is 12.6. The molecule has 0 saturated carbocycles. The first-order chi connectivity index (χ1) is 8.84. The Hall–Kier alpha value is -1.81. The summed E-state index contributed by atoms with van der Waals surface area (Å²) in [5.41, 5.74) is 2.37. The first kappa shape index (κ1) is 12.6. The van der Waals surface area contributed by atoms with E-state index in [0.29, 0.717) is 13.1 Å². The lowest BCUT2D eigenvalue weighted by Crippen LogP contribution is -2.36. The van der Waals surface area contributed by atoms with Crippen molar-refractivity contribution in [1.29, 1.82) is 0 Å². The molecule has 1 heterocycles. The highest BCUT2D eigenvalue weighted by Crippen LogP contribution is 2.04. The Kier molecular flexibility index (Phi) is 4.78. The average Bonchev–Trinajstić information content (AvgIpc) is 2.91. The number of benzene rings is 1. The van der Waals surface area contributed by atoms with Gasteiger partial charge in [0.25, 0.3) is 0 Å².